The molecule has 0 aliphatic rings. The Kier molecular flexibility index (Phi) is 3.25. The second kappa shape index (κ2) is 4.91. The highest BCUT2D eigenvalue weighted by Gasteiger charge is 2.06. The van der Waals surface area contributed by atoms with Gasteiger partial charge >= 0.3 is 0 Å². The maximum atomic E-state index is 5.44. The van der Waals surface area contributed by atoms with E-state index in [1.54, 1.807) is 11.3 Å². The van der Waals surface area contributed by atoms with Gasteiger partial charge in [-0.05, 0) is 48.5 Å². The minimum atomic E-state index is 0.861. The molecule has 0 atom stereocenters. The van der Waals surface area contributed by atoms with E-state index in [1.807, 2.05) is 0 Å². The molecule has 0 N–H and O–H groups in total. The van der Waals surface area contributed by atoms with E-state index in [9.17, 15) is 0 Å². The van der Waals surface area contributed by atoms with Crippen molar-refractivity contribution in [3.8, 4) is 0 Å². The molecule has 1 heterocycles. The Balaban J connectivity index is 2.03. The number of rotatable bonds is 2. The van der Waals surface area contributed by atoms with Crippen LogP contribution < -0.4 is 0 Å². The summed E-state index contributed by atoms with van der Waals surface area (Å²) in [5, 5.41) is 2.57. The van der Waals surface area contributed by atoms with Crippen LogP contribution in [0.2, 0.25) is 0 Å². The van der Waals surface area contributed by atoms with Crippen molar-refractivity contribution in [3.05, 3.63) is 62.6 Å². The van der Waals surface area contributed by atoms with Crippen LogP contribution in [0.15, 0.2) is 42.5 Å². The molecule has 0 bridgehead atoms. The molecule has 0 amide bonds. The molecule has 1 aromatic heterocycles. The lowest BCUT2D eigenvalue weighted by atomic mass is 10.1. The Bertz CT molecular complexity index is 796. The minimum Gasteiger partial charge on any atom is -0.323 e. The maximum absolute atomic E-state index is 5.44. The predicted molar refractivity (Wildman–Crippen MR) is 85.7 cm³/mol. The van der Waals surface area contributed by atoms with Crippen LogP contribution in [-0.4, -0.2) is 4.57 Å². The van der Waals surface area contributed by atoms with Crippen molar-refractivity contribution in [2.75, 3.05) is 0 Å². The van der Waals surface area contributed by atoms with Crippen molar-refractivity contribution in [2.45, 2.75) is 20.4 Å². The largest absolute Gasteiger partial charge is 0.323 e. The summed E-state index contributed by atoms with van der Waals surface area (Å²) < 4.78 is 3.18. The standard InChI is InChI=1S/C16H15NS2/c1-11-12(2)19-16(18)17(11)10-13-7-8-14-5-3-4-6-15(14)9-13/h3-9H,10H2,1-2H3. The SMILES string of the molecule is Cc1sc(=S)n(Cc2ccc3ccccc3c2)c1C. The molecule has 3 rings (SSSR count). The van der Waals surface area contributed by atoms with Gasteiger partial charge in [0.1, 0.15) is 0 Å². The number of thiazole rings is 1. The topological polar surface area (TPSA) is 4.93 Å². The van der Waals surface area contributed by atoms with Crippen molar-refractivity contribution >= 4 is 34.3 Å². The zero-order valence-corrected chi connectivity index (χ0v) is 12.6. The highest BCUT2D eigenvalue weighted by Crippen LogP contribution is 2.21. The van der Waals surface area contributed by atoms with E-state index in [-0.39, 0.29) is 0 Å². The third kappa shape index (κ3) is 2.36. The van der Waals surface area contributed by atoms with Crippen LogP contribution in [0.4, 0.5) is 0 Å². The average Bonchev–Trinajstić information content (AvgIpc) is 2.65. The van der Waals surface area contributed by atoms with Crippen molar-refractivity contribution in [1.82, 2.24) is 4.57 Å². The summed E-state index contributed by atoms with van der Waals surface area (Å²) in [6.07, 6.45) is 0. The monoisotopic (exact) mass is 285 g/mol. The fourth-order valence-corrected chi connectivity index (χ4v) is 3.70. The van der Waals surface area contributed by atoms with Gasteiger partial charge in [0.2, 0.25) is 0 Å². The predicted octanol–water partition coefficient (Wildman–Crippen LogP) is 5.10. The van der Waals surface area contributed by atoms with Crippen molar-refractivity contribution in [3.63, 3.8) is 0 Å². The number of hydrogen-bond donors (Lipinski definition) is 0. The minimum absolute atomic E-state index is 0.861. The third-order valence-electron chi connectivity index (χ3n) is 3.53. The molecule has 3 aromatic rings. The van der Waals surface area contributed by atoms with E-state index in [0.717, 1.165) is 10.5 Å². The first-order valence-electron chi connectivity index (χ1n) is 6.29. The fraction of sp³-hybridized carbons (Fsp3) is 0.188. The summed E-state index contributed by atoms with van der Waals surface area (Å²) >= 11 is 7.13. The number of fused-ring (bicyclic) bond motifs is 1. The zero-order valence-electron chi connectivity index (χ0n) is 11.0. The van der Waals surface area contributed by atoms with Crippen molar-refractivity contribution in [1.29, 1.82) is 0 Å². The van der Waals surface area contributed by atoms with E-state index < -0.39 is 0 Å². The second-order valence-electron chi connectivity index (χ2n) is 4.78. The Hall–Kier alpha value is -1.45. The molecular weight excluding hydrogens is 270 g/mol. The van der Waals surface area contributed by atoms with Crippen LogP contribution in [0.25, 0.3) is 10.8 Å². The first kappa shape index (κ1) is 12.6. The van der Waals surface area contributed by atoms with Gasteiger partial charge in [-0.15, -0.1) is 11.3 Å². The molecule has 1 nitrogen and oxygen atoms in total. The molecule has 0 fully saturated rings. The molecule has 0 unspecified atom stereocenters. The van der Waals surface area contributed by atoms with Crippen LogP contribution in [-0.2, 0) is 6.54 Å². The summed E-state index contributed by atoms with van der Waals surface area (Å²) in [7, 11) is 0. The van der Waals surface area contributed by atoms with Crippen LogP contribution in [0.5, 0.6) is 0 Å². The Morgan fingerprint density at radius 3 is 2.47 bits per heavy atom. The summed E-state index contributed by atoms with van der Waals surface area (Å²) in [6.45, 7) is 5.13. The highest BCUT2D eigenvalue weighted by atomic mass is 32.1. The van der Waals surface area contributed by atoms with Gasteiger partial charge in [0.05, 0.1) is 0 Å². The quantitative estimate of drug-likeness (QED) is 0.593. The fourth-order valence-electron chi connectivity index (χ4n) is 2.29. The van der Waals surface area contributed by atoms with Gasteiger partial charge in [-0.2, -0.15) is 0 Å². The van der Waals surface area contributed by atoms with Gasteiger partial charge in [0.25, 0.3) is 0 Å². The van der Waals surface area contributed by atoms with Gasteiger partial charge in [-0.3, -0.25) is 0 Å². The number of aryl methyl sites for hydroxylation is 1. The number of aromatic nitrogens is 1. The lowest BCUT2D eigenvalue weighted by Gasteiger charge is -2.07. The maximum Gasteiger partial charge on any atom is 0.161 e. The Morgan fingerprint density at radius 1 is 1.05 bits per heavy atom. The summed E-state index contributed by atoms with van der Waals surface area (Å²) in [4.78, 5) is 1.31. The van der Waals surface area contributed by atoms with Crippen LogP contribution in [0, 0.1) is 17.8 Å². The molecule has 0 saturated heterocycles. The lowest BCUT2D eigenvalue weighted by Crippen LogP contribution is -2.01. The molecule has 96 valence electrons. The Morgan fingerprint density at radius 2 is 1.79 bits per heavy atom. The molecule has 0 aliphatic carbocycles. The smallest absolute Gasteiger partial charge is 0.161 e. The molecule has 2 aromatic carbocycles. The van der Waals surface area contributed by atoms with Crippen molar-refractivity contribution < 1.29 is 0 Å². The van der Waals surface area contributed by atoms with Gasteiger partial charge in [-0.1, -0.05) is 36.4 Å². The highest BCUT2D eigenvalue weighted by molar-refractivity contribution is 7.73. The first-order valence-corrected chi connectivity index (χ1v) is 7.52. The average molecular weight is 285 g/mol. The van der Waals surface area contributed by atoms with Gasteiger partial charge in [-0.25, -0.2) is 0 Å². The molecule has 0 aliphatic heterocycles. The molecular formula is C16H15NS2. The molecule has 0 radical (unpaired) electrons. The van der Waals surface area contributed by atoms with E-state index in [1.165, 1.54) is 26.9 Å². The van der Waals surface area contributed by atoms with Crippen LogP contribution >= 0.6 is 23.6 Å². The van der Waals surface area contributed by atoms with E-state index in [2.05, 4.69) is 60.9 Å². The molecule has 0 spiro atoms. The first-order chi connectivity index (χ1) is 9.15. The number of nitrogens with zero attached hydrogens (tertiary/aromatic N) is 1. The van der Waals surface area contributed by atoms with Gasteiger partial charge in [0.15, 0.2) is 3.95 Å². The third-order valence-corrected chi connectivity index (χ3v) is 5.00. The zero-order chi connectivity index (χ0) is 13.4. The molecule has 0 saturated carbocycles. The van der Waals surface area contributed by atoms with Gasteiger partial charge < -0.3 is 4.57 Å². The second-order valence-corrected chi connectivity index (χ2v) is 6.63. The van der Waals surface area contributed by atoms with Gasteiger partial charge in [0, 0.05) is 17.1 Å². The van der Waals surface area contributed by atoms with Crippen LogP contribution in [0.3, 0.4) is 0 Å². The van der Waals surface area contributed by atoms with E-state index in [4.69, 9.17) is 12.2 Å². The summed E-state index contributed by atoms with van der Waals surface area (Å²) in [6, 6.07) is 15.1. The normalized spacial score (nSPS) is 11.1. The Labute approximate surface area is 122 Å². The lowest BCUT2D eigenvalue weighted by molar-refractivity contribution is 0.767. The summed E-state index contributed by atoms with van der Waals surface area (Å²) in [5.74, 6) is 0. The summed E-state index contributed by atoms with van der Waals surface area (Å²) in [5.41, 5.74) is 2.58. The number of benzene rings is 2. The molecule has 3 heteroatoms. The van der Waals surface area contributed by atoms with Crippen LogP contribution in [0.1, 0.15) is 16.1 Å². The molecule has 19 heavy (non-hydrogen) atoms. The van der Waals surface area contributed by atoms with E-state index >= 15 is 0 Å². The number of hydrogen-bond acceptors (Lipinski definition) is 2. The van der Waals surface area contributed by atoms with E-state index in [0.29, 0.717) is 0 Å². The van der Waals surface area contributed by atoms with Crippen molar-refractivity contribution in [2.24, 2.45) is 0 Å².